The second-order valence-electron chi connectivity index (χ2n) is 9.45. The second-order valence-corrected chi connectivity index (χ2v) is 9.85. The second kappa shape index (κ2) is 11.3. The average molecular weight is 557 g/mol. The fraction of sp³-hybridized carbons (Fsp3) is 0.188. The van der Waals surface area contributed by atoms with Crippen LogP contribution >= 0.6 is 11.6 Å². The normalized spacial score (nSPS) is 16.2. The molecule has 0 bridgehead atoms. The lowest BCUT2D eigenvalue weighted by molar-refractivity contribution is -0.118. The number of benzene rings is 4. The molecule has 5 rings (SSSR count). The van der Waals surface area contributed by atoms with Crippen LogP contribution in [-0.2, 0) is 4.79 Å². The van der Waals surface area contributed by atoms with Gasteiger partial charge in [-0.3, -0.25) is 14.5 Å². The van der Waals surface area contributed by atoms with Gasteiger partial charge in [0.25, 0.3) is 5.91 Å². The van der Waals surface area contributed by atoms with Crippen molar-refractivity contribution in [3.05, 3.63) is 112 Å². The van der Waals surface area contributed by atoms with E-state index in [4.69, 9.17) is 25.8 Å². The van der Waals surface area contributed by atoms with Gasteiger partial charge in [0.05, 0.1) is 39.0 Å². The van der Waals surface area contributed by atoms with Crippen molar-refractivity contribution in [1.29, 1.82) is 0 Å². The molecule has 0 saturated carbocycles. The zero-order valence-corrected chi connectivity index (χ0v) is 23.4. The van der Waals surface area contributed by atoms with Gasteiger partial charge in [0, 0.05) is 22.3 Å². The maximum absolute atomic E-state index is 14.3. The smallest absolute Gasteiger partial charge is 0.259 e. The van der Waals surface area contributed by atoms with Crippen LogP contribution in [0.15, 0.2) is 84.9 Å². The van der Waals surface area contributed by atoms with E-state index in [1.807, 2.05) is 55.5 Å². The summed E-state index contributed by atoms with van der Waals surface area (Å²) in [5, 5.41) is 3.59. The van der Waals surface area contributed by atoms with Gasteiger partial charge in [-0.15, -0.1) is 0 Å². The molecule has 0 aliphatic carbocycles. The first-order valence-corrected chi connectivity index (χ1v) is 13.1. The summed E-state index contributed by atoms with van der Waals surface area (Å²) in [5.41, 5.74) is 3.80. The minimum absolute atomic E-state index is 0.203. The first-order valence-electron chi connectivity index (χ1n) is 12.7. The first-order chi connectivity index (χ1) is 19.4. The average Bonchev–Trinajstić information content (AvgIpc) is 2.99. The Bertz CT molecular complexity index is 1550. The fourth-order valence-electron chi connectivity index (χ4n) is 5.13. The van der Waals surface area contributed by atoms with Crippen LogP contribution in [0.5, 0.6) is 17.2 Å². The number of nitrogens with one attached hydrogen (secondary N) is 1. The molecular weight excluding hydrogens is 528 g/mol. The Kier molecular flexibility index (Phi) is 7.67. The first kappa shape index (κ1) is 27.1. The van der Waals surface area contributed by atoms with Gasteiger partial charge in [-0.05, 0) is 72.1 Å². The standard InChI is InChI=1S/C32H29ClN2O5/c1-19-17-27(28(40-4)18-26(19)33)34-31(36)29-24-7-5-6-8-25(24)32(37)35(21-11-15-23(39-3)16-12-21)30(29)20-9-13-22(38-2)14-10-20/h5-18,29-30H,1-4H3,(H,34,36)/t29-,30-/m1/s1. The third-order valence-corrected chi connectivity index (χ3v) is 7.58. The van der Waals surface area contributed by atoms with E-state index in [9.17, 15) is 9.59 Å². The van der Waals surface area contributed by atoms with Crippen LogP contribution in [0.4, 0.5) is 11.4 Å². The highest BCUT2D eigenvalue weighted by Crippen LogP contribution is 2.46. The Labute approximate surface area is 238 Å². The zero-order valence-electron chi connectivity index (χ0n) is 22.6. The van der Waals surface area contributed by atoms with Crippen LogP contribution in [0.2, 0.25) is 5.02 Å². The number of fused-ring (bicyclic) bond motifs is 1. The molecule has 2 atom stereocenters. The van der Waals surface area contributed by atoms with Gasteiger partial charge < -0.3 is 19.5 Å². The predicted octanol–water partition coefficient (Wildman–Crippen LogP) is 6.80. The van der Waals surface area contributed by atoms with Gasteiger partial charge in [0.1, 0.15) is 17.2 Å². The molecule has 1 aliphatic heterocycles. The lowest BCUT2D eigenvalue weighted by Crippen LogP contribution is -2.46. The SMILES string of the molecule is COc1ccc([C@@H]2[C@H](C(=O)Nc3cc(C)c(Cl)cc3OC)c3ccccc3C(=O)N2c2ccc(OC)cc2)cc1. The maximum atomic E-state index is 14.3. The van der Waals surface area contributed by atoms with Crippen LogP contribution < -0.4 is 24.4 Å². The largest absolute Gasteiger partial charge is 0.497 e. The molecule has 0 aromatic heterocycles. The molecule has 4 aromatic carbocycles. The fourth-order valence-corrected chi connectivity index (χ4v) is 5.28. The third kappa shape index (κ3) is 4.96. The molecule has 4 aromatic rings. The molecule has 8 heteroatoms. The molecule has 1 N–H and O–H groups in total. The highest BCUT2D eigenvalue weighted by atomic mass is 35.5. The number of nitrogens with zero attached hydrogens (tertiary/aromatic N) is 1. The number of carbonyl (C=O) groups excluding carboxylic acids is 2. The van der Waals surface area contributed by atoms with Gasteiger partial charge in [0.15, 0.2) is 0 Å². The van der Waals surface area contributed by atoms with Crippen molar-refractivity contribution < 1.29 is 23.8 Å². The zero-order chi connectivity index (χ0) is 28.4. The highest BCUT2D eigenvalue weighted by molar-refractivity contribution is 6.31. The molecule has 0 radical (unpaired) electrons. The Morgan fingerprint density at radius 3 is 2.10 bits per heavy atom. The minimum atomic E-state index is -0.759. The van der Waals surface area contributed by atoms with E-state index < -0.39 is 12.0 Å². The molecule has 204 valence electrons. The van der Waals surface area contributed by atoms with Crippen molar-refractivity contribution in [3.8, 4) is 17.2 Å². The topological polar surface area (TPSA) is 77.1 Å². The minimum Gasteiger partial charge on any atom is -0.497 e. The van der Waals surface area contributed by atoms with E-state index in [0.29, 0.717) is 44.8 Å². The van der Waals surface area contributed by atoms with Crippen LogP contribution in [-0.4, -0.2) is 33.1 Å². The Morgan fingerprint density at radius 1 is 0.850 bits per heavy atom. The summed E-state index contributed by atoms with van der Waals surface area (Å²) in [5.74, 6) is 0.519. The van der Waals surface area contributed by atoms with E-state index in [0.717, 1.165) is 11.1 Å². The molecule has 40 heavy (non-hydrogen) atoms. The number of aryl methyl sites for hydroxylation is 1. The van der Waals surface area contributed by atoms with E-state index >= 15 is 0 Å². The van der Waals surface area contributed by atoms with Gasteiger partial charge in [-0.1, -0.05) is 41.9 Å². The molecule has 0 spiro atoms. The number of hydrogen-bond acceptors (Lipinski definition) is 5. The summed E-state index contributed by atoms with van der Waals surface area (Å²) < 4.78 is 16.2. The summed E-state index contributed by atoms with van der Waals surface area (Å²) in [6, 6.07) is 24.7. The summed E-state index contributed by atoms with van der Waals surface area (Å²) in [7, 11) is 4.71. The van der Waals surface area contributed by atoms with Crippen molar-refractivity contribution in [2.45, 2.75) is 18.9 Å². The van der Waals surface area contributed by atoms with Crippen molar-refractivity contribution in [2.24, 2.45) is 0 Å². The van der Waals surface area contributed by atoms with E-state index in [2.05, 4.69) is 5.32 Å². The van der Waals surface area contributed by atoms with Gasteiger partial charge in [-0.25, -0.2) is 0 Å². The summed E-state index contributed by atoms with van der Waals surface area (Å²) in [4.78, 5) is 30.1. The number of amides is 2. The number of carbonyl (C=O) groups is 2. The van der Waals surface area contributed by atoms with Gasteiger partial charge in [-0.2, -0.15) is 0 Å². The number of hydrogen-bond donors (Lipinski definition) is 1. The molecular formula is C32H29ClN2O5. The van der Waals surface area contributed by atoms with Crippen LogP contribution in [0.3, 0.4) is 0 Å². The lowest BCUT2D eigenvalue weighted by atomic mass is 9.78. The molecule has 7 nitrogen and oxygen atoms in total. The summed E-state index contributed by atoms with van der Waals surface area (Å²) in [6.45, 7) is 1.86. The van der Waals surface area contributed by atoms with E-state index in [-0.39, 0.29) is 11.8 Å². The van der Waals surface area contributed by atoms with Gasteiger partial charge in [0.2, 0.25) is 5.91 Å². The Morgan fingerprint density at radius 2 is 1.48 bits per heavy atom. The number of halogens is 1. The van der Waals surface area contributed by atoms with Crippen molar-refractivity contribution in [1.82, 2.24) is 0 Å². The number of rotatable bonds is 7. The van der Waals surface area contributed by atoms with E-state index in [1.54, 1.807) is 55.5 Å². The van der Waals surface area contributed by atoms with Gasteiger partial charge >= 0.3 is 0 Å². The summed E-state index contributed by atoms with van der Waals surface area (Å²) in [6.07, 6.45) is 0. The highest BCUT2D eigenvalue weighted by Gasteiger charge is 2.45. The lowest BCUT2D eigenvalue weighted by Gasteiger charge is -2.42. The Balaban J connectivity index is 1.69. The van der Waals surface area contributed by atoms with Crippen LogP contribution in [0, 0.1) is 6.92 Å². The van der Waals surface area contributed by atoms with Crippen molar-refractivity contribution >= 4 is 34.8 Å². The molecule has 1 heterocycles. The number of methoxy groups -OCH3 is 3. The van der Waals surface area contributed by atoms with Crippen molar-refractivity contribution in [3.63, 3.8) is 0 Å². The number of ether oxygens (including phenoxy) is 3. The summed E-state index contributed by atoms with van der Waals surface area (Å²) >= 11 is 6.31. The molecule has 2 amide bonds. The molecule has 0 saturated heterocycles. The number of anilines is 2. The molecule has 0 fully saturated rings. The predicted molar refractivity (Wildman–Crippen MR) is 156 cm³/mol. The quantitative estimate of drug-likeness (QED) is 0.271. The maximum Gasteiger partial charge on any atom is 0.259 e. The monoisotopic (exact) mass is 556 g/mol. The van der Waals surface area contributed by atoms with Crippen LogP contribution in [0.25, 0.3) is 0 Å². The molecule has 1 aliphatic rings. The Hall–Kier alpha value is -4.49. The third-order valence-electron chi connectivity index (χ3n) is 7.17. The van der Waals surface area contributed by atoms with E-state index in [1.165, 1.54) is 7.11 Å². The van der Waals surface area contributed by atoms with Crippen LogP contribution in [0.1, 0.15) is 39.0 Å². The van der Waals surface area contributed by atoms with Crippen molar-refractivity contribution in [2.75, 3.05) is 31.5 Å². The molecule has 0 unspecified atom stereocenters.